The van der Waals surface area contributed by atoms with Gasteiger partial charge in [-0.25, -0.2) is 4.98 Å². The summed E-state index contributed by atoms with van der Waals surface area (Å²) in [4.78, 5) is 8.58. The molecule has 1 unspecified atom stereocenters. The van der Waals surface area contributed by atoms with Crippen LogP contribution < -0.4 is 5.32 Å². The molecular weight excluding hydrogens is 278 g/mol. The molecule has 1 aliphatic carbocycles. The lowest BCUT2D eigenvalue weighted by Gasteiger charge is -2.49. The molecule has 21 heavy (non-hydrogen) atoms. The number of hydrogen-bond donors (Lipinski definition) is 1. The maximum Gasteiger partial charge on any atom is 0.0947 e. The molecule has 4 heteroatoms. The zero-order valence-corrected chi connectivity index (χ0v) is 15.3. The molecule has 0 radical (unpaired) electrons. The Balaban J connectivity index is 2.20. The number of thiazole rings is 1. The van der Waals surface area contributed by atoms with Crippen LogP contribution in [-0.4, -0.2) is 42.6 Å². The van der Waals surface area contributed by atoms with Crippen LogP contribution in [0.5, 0.6) is 0 Å². The molecule has 120 valence electrons. The van der Waals surface area contributed by atoms with E-state index in [2.05, 4.69) is 52.1 Å². The monoisotopic (exact) mass is 309 g/mol. The smallest absolute Gasteiger partial charge is 0.0947 e. The zero-order chi connectivity index (χ0) is 15.6. The standard InChI is InChI=1S/C17H31N3S/c1-12-7-9-17(10-8-12,20(5)6)15(18-4)11-16-19-13(2)14(3)21-16/h12,15,18H,7-11H2,1-6H3. The SMILES string of the molecule is CNC(Cc1nc(C)c(C)s1)C1(N(C)C)CCC(C)CC1. The van der Waals surface area contributed by atoms with Crippen molar-refractivity contribution in [2.24, 2.45) is 5.92 Å². The fraction of sp³-hybridized carbons (Fsp3) is 0.824. The minimum atomic E-state index is 0.273. The fourth-order valence-electron chi connectivity index (χ4n) is 3.73. The first-order valence-corrected chi connectivity index (χ1v) is 8.98. The highest BCUT2D eigenvalue weighted by atomic mass is 32.1. The highest BCUT2D eigenvalue weighted by Gasteiger charge is 2.42. The van der Waals surface area contributed by atoms with Gasteiger partial charge in [-0.15, -0.1) is 11.3 Å². The van der Waals surface area contributed by atoms with Crippen LogP contribution >= 0.6 is 11.3 Å². The zero-order valence-electron chi connectivity index (χ0n) is 14.5. The molecule has 1 heterocycles. The lowest BCUT2D eigenvalue weighted by Crippen LogP contribution is -2.60. The van der Waals surface area contributed by atoms with Crippen LogP contribution in [0.25, 0.3) is 0 Å². The number of aromatic nitrogens is 1. The summed E-state index contributed by atoms with van der Waals surface area (Å²) in [5.74, 6) is 0.875. The van der Waals surface area contributed by atoms with Crippen molar-refractivity contribution >= 4 is 11.3 Å². The van der Waals surface area contributed by atoms with Crippen LogP contribution in [-0.2, 0) is 6.42 Å². The second kappa shape index (κ2) is 6.76. The van der Waals surface area contributed by atoms with Crippen LogP contribution in [0.15, 0.2) is 0 Å². The van der Waals surface area contributed by atoms with E-state index in [1.54, 1.807) is 0 Å². The van der Waals surface area contributed by atoms with Crippen molar-refractivity contribution in [1.82, 2.24) is 15.2 Å². The van der Waals surface area contributed by atoms with E-state index in [-0.39, 0.29) is 5.54 Å². The van der Waals surface area contributed by atoms with Gasteiger partial charge in [0.05, 0.1) is 10.7 Å². The highest BCUT2D eigenvalue weighted by molar-refractivity contribution is 7.11. The third-order valence-corrected chi connectivity index (χ3v) is 6.57. The van der Waals surface area contributed by atoms with E-state index in [1.807, 2.05) is 11.3 Å². The maximum atomic E-state index is 4.76. The third-order valence-electron chi connectivity index (χ3n) is 5.48. The second-order valence-corrected chi connectivity index (χ2v) is 8.26. The van der Waals surface area contributed by atoms with Gasteiger partial charge >= 0.3 is 0 Å². The molecule has 1 aromatic heterocycles. The summed E-state index contributed by atoms with van der Waals surface area (Å²) >= 11 is 1.86. The van der Waals surface area contributed by atoms with Gasteiger partial charge in [-0.1, -0.05) is 6.92 Å². The van der Waals surface area contributed by atoms with E-state index in [1.165, 1.54) is 41.3 Å². The summed E-state index contributed by atoms with van der Waals surface area (Å²) in [5, 5.41) is 4.89. The van der Waals surface area contributed by atoms with Crippen molar-refractivity contribution in [2.75, 3.05) is 21.1 Å². The molecule has 1 aromatic rings. The predicted molar refractivity (Wildman–Crippen MR) is 92.2 cm³/mol. The molecule has 0 bridgehead atoms. The lowest BCUT2D eigenvalue weighted by atomic mass is 9.71. The molecule has 1 fully saturated rings. The highest BCUT2D eigenvalue weighted by Crippen LogP contribution is 2.39. The topological polar surface area (TPSA) is 28.2 Å². The number of hydrogen-bond acceptors (Lipinski definition) is 4. The first-order chi connectivity index (χ1) is 9.89. The number of aryl methyl sites for hydroxylation is 2. The number of rotatable bonds is 5. The molecule has 0 spiro atoms. The molecule has 1 saturated carbocycles. The van der Waals surface area contributed by atoms with E-state index in [4.69, 9.17) is 4.98 Å². The number of nitrogens with one attached hydrogen (secondary N) is 1. The van der Waals surface area contributed by atoms with Crippen molar-refractivity contribution in [3.63, 3.8) is 0 Å². The predicted octanol–water partition coefficient (Wildman–Crippen LogP) is 3.40. The molecule has 0 saturated heterocycles. The van der Waals surface area contributed by atoms with Crippen molar-refractivity contribution in [3.8, 4) is 0 Å². The lowest BCUT2D eigenvalue weighted by molar-refractivity contribution is 0.0461. The molecular formula is C17H31N3S. The minimum Gasteiger partial charge on any atom is -0.315 e. The maximum absolute atomic E-state index is 4.76. The Morgan fingerprint density at radius 3 is 2.38 bits per heavy atom. The normalized spacial score (nSPS) is 28.0. The van der Waals surface area contributed by atoms with Gasteiger partial charge in [-0.2, -0.15) is 0 Å². The van der Waals surface area contributed by atoms with Gasteiger partial charge in [0.15, 0.2) is 0 Å². The van der Waals surface area contributed by atoms with Crippen molar-refractivity contribution < 1.29 is 0 Å². The summed E-state index contributed by atoms with van der Waals surface area (Å²) in [6.45, 7) is 6.68. The summed E-state index contributed by atoms with van der Waals surface area (Å²) < 4.78 is 0. The Kier molecular flexibility index (Phi) is 5.44. The third kappa shape index (κ3) is 3.49. The quantitative estimate of drug-likeness (QED) is 0.903. The molecule has 2 rings (SSSR count). The van der Waals surface area contributed by atoms with Crippen LogP contribution in [0.1, 0.15) is 48.2 Å². The van der Waals surface area contributed by atoms with Gasteiger partial charge in [0, 0.05) is 22.9 Å². The second-order valence-electron chi connectivity index (χ2n) is 6.98. The Bertz CT molecular complexity index is 439. The van der Waals surface area contributed by atoms with Crippen molar-refractivity contribution in [3.05, 3.63) is 15.6 Å². The van der Waals surface area contributed by atoms with E-state index >= 15 is 0 Å². The van der Waals surface area contributed by atoms with Crippen molar-refractivity contribution in [2.45, 2.75) is 64.5 Å². The van der Waals surface area contributed by atoms with Gasteiger partial charge in [-0.3, -0.25) is 0 Å². The average Bonchev–Trinajstić information content (AvgIpc) is 2.76. The summed E-state index contributed by atoms with van der Waals surface area (Å²) in [6.07, 6.45) is 6.30. The molecule has 1 atom stereocenters. The van der Waals surface area contributed by atoms with E-state index in [0.29, 0.717) is 6.04 Å². The van der Waals surface area contributed by atoms with Gasteiger partial charge in [-0.05, 0) is 66.6 Å². The molecule has 1 N–H and O–H groups in total. The fourth-order valence-corrected chi connectivity index (χ4v) is 4.71. The van der Waals surface area contributed by atoms with Gasteiger partial charge in [0.25, 0.3) is 0 Å². The Hall–Kier alpha value is -0.450. The van der Waals surface area contributed by atoms with Crippen LogP contribution in [0, 0.1) is 19.8 Å². The van der Waals surface area contributed by atoms with Crippen LogP contribution in [0.2, 0.25) is 0 Å². The summed E-state index contributed by atoms with van der Waals surface area (Å²) in [5.41, 5.74) is 1.47. The van der Waals surface area contributed by atoms with Crippen LogP contribution in [0.4, 0.5) is 0 Å². The van der Waals surface area contributed by atoms with Gasteiger partial charge in [0.1, 0.15) is 0 Å². The summed E-state index contributed by atoms with van der Waals surface area (Å²) in [6, 6.07) is 0.477. The van der Waals surface area contributed by atoms with Gasteiger partial charge in [0.2, 0.25) is 0 Å². The molecule has 3 nitrogen and oxygen atoms in total. The molecule has 0 amide bonds. The molecule has 0 aliphatic heterocycles. The molecule has 1 aliphatic rings. The first kappa shape index (κ1) is 16.9. The van der Waals surface area contributed by atoms with Crippen LogP contribution in [0.3, 0.4) is 0 Å². The van der Waals surface area contributed by atoms with E-state index < -0.39 is 0 Å². The number of nitrogens with zero attached hydrogens (tertiary/aromatic N) is 2. The Morgan fingerprint density at radius 2 is 1.95 bits per heavy atom. The average molecular weight is 310 g/mol. The Labute approximate surface area is 134 Å². The number of likely N-dealkylation sites (N-methyl/N-ethyl adjacent to an activating group) is 2. The first-order valence-electron chi connectivity index (χ1n) is 8.16. The van der Waals surface area contributed by atoms with Gasteiger partial charge < -0.3 is 10.2 Å². The minimum absolute atomic E-state index is 0.273. The van der Waals surface area contributed by atoms with E-state index in [9.17, 15) is 0 Å². The molecule has 0 aromatic carbocycles. The Morgan fingerprint density at radius 1 is 1.33 bits per heavy atom. The summed E-state index contributed by atoms with van der Waals surface area (Å²) in [7, 11) is 6.61. The van der Waals surface area contributed by atoms with E-state index in [0.717, 1.165) is 12.3 Å². The largest absolute Gasteiger partial charge is 0.315 e. The van der Waals surface area contributed by atoms with Crippen molar-refractivity contribution in [1.29, 1.82) is 0 Å².